The van der Waals surface area contributed by atoms with Crippen LogP contribution in [0.3, 0.4) is 0 Å². The minimum Gasteiger partial charge on any atom is -0.481 e. The molecule has 1 saturated heterocycles. The van der Waals surface area contributed by atoms with Crippen LogP contribution in [-0.2, 0) is 14.8 Å². The van der Waals surface area contributed by atoms with Gasteiger partial charge in [0.1, 0.15) is 0 Å². The number of nitrogens with zero attached hydrogens (tertiary/aromatic N) is 2. The third-order valence-electron chi connectivity index (χ3n) is 3.53. The Morgan fingerprint density at radius 2 is 1.94 bits per heavy atom. The van der Waals surface area contributed by atoms with Gasteiger partial charge in [-0.05, 0) is 32.5 Å². The number of likely N-dealkylation sites (tertiary alicyclic amines) is 1. The van der Waals surface area contributed by atoms with Gasteiger partial charge in [0.05, 0.1) is 12.2 Å². The predicted octanol–water partition coefficient (Wildman–Crippen LogP) is 0.207. The molecule has 1 aliphatic heterocycles. The van der Waals surface area contributed by atoms with Crippen molar-refractivity contribution in [2.24, 2.45) is 0 Å². The first-order valence-corrected chi connectivity index (χ1v) is 7.87. The molecular weight excluding hydrogens is 256 g/mol. The maximum absolute atomic E-state index is 11.9. The Morgan fingerprint density at radius 1 is 1.39 bits per heavy atom. The third kappa shape index (κ3) is 4.22. The molecule has 0 saturated carbocycles. The van der Waals surface area contributed by atoms with Crippen LogP contribution in [0.2, 0.25) is 0 Å². The van der Waals surface area contributed by atoms with Crippen molar-refractivity contribution < 1.29 is 18.3 Å². The van der Waals surface area contributed by atoms with E-state index in [1.807, 2.05) is 0 Å². The molecule has 0 aromatic heterocycles. The van der Waals surface area contributed by atoms with Gasteiger partial charge in [0.25, 0.3) is 0 Å². The fourth-order valence-corrected chi connectivity index (χ4v) is 3.57. The van der Waals surface area contributed by atoms with Crippen LogP contribution in [0.1, 0.15) is 26.2 Å². The van der Waals surface area contributed by atoms with Crippen molar-refractivity contribution in [2.75, 3.05) is 32.4 Å². The number of carboxylic acid groups (broad SMARTS) is 1. The van der Waals surface area contributed by atoms with Gasteiger partial charge in [-0.25, -0.2) is 12.7 Å². The van der Waals surface area contributed by atoms with E-state index >= 15 is 0 Å². The molecule has 6 nitrogen and oxygen atoms in total. The van der Waals surface area contributed by atoms with Crippen LogP contribution in [0.4, 0.5) is 0 Å². The minimum absolute atomic E-state index is 0.00611. The summed E-state index contributed by atoms with van der Waals surface area (Å²) in [5.74, 6) is -1.39. The summed E-state index contributed by atoms with van der Waals surface area (Å²) in [4.78, 5) is 12.7. The van der Waals surface area contributed by atoms with Crippen LogP contribution < -0.4 is 0 Å². The molecule has 7 heteroatoms. The Kier molecular flexibility index (Phi) is 5.55. The average molecular weight is 278 g/mol. The fourth-order valence-electron chi connectivity index (χ4n) is 2.19. The number of rotatable bonds is 6. The van der Waals surface area contributed by atoms with Gasteiger partial charge in [-0.15, -0.1) is 0 Å². The second-order valence-electron chi connectivity index (χ2n) is 4.64. The Hall–Kier alpha value is -0.660. The van der Waals surface area contributed by atoms with Crippen molar-refractivity contribution in [2.45, 2.75) is 32.2 Å². The van der Waals surface area contributed by atoms with Crippen molar-refractivity contribution >= 4 is 16.0 Å². The van der Waals surface area contributed by atoms with Crippen molar-refractivity contribution in [3.63, 3.8) is 0 Å². The molecule has 1 N–H and O–H groups in total. The fraction of sp³-hybridized carbons (Fsp3) is 0.909. The molecule has 0 aromatic carbocycles. The monoisotopic (exact) mass is 278 g/mol. The van der Waals surface area contributed by atoms with Gasteiger partial charge in [0.2, 0.25) is 10.0 Å². The number of carboxylic acids is 1. The van der Waals surface area contributed by atoms with E-state index in [4.69, 9.17) is 5.11 Å². The van der Waals surface area contributed by atoms with Crippen LogP contribution in [0.15, 0.2) is 0 Å². The minimum atomic E-state index is -3.45. The molecule has 106 valence electrons. The predicted molar refractivity (Wildman–Crippen MR) is 68.9 cm³/mol. The van der Waals surface area contributed by atoms with Crippen molar-refractivity contribution in [1.29, 1.82) is 0 Å². The Morgan fingerprint density at radius 3 is 2.39 bits per heavy atom. The Bertz CT molecular complexity index is 375. The van der Waals surface area contributed by atoms with E-state index < -0.39 is 16.0 Å². The highest BCUT2D eigenvalue weighted by atomic mass is 32.2. The molecule has 0 spiro atoms. The summed E-state index contributed by atoms with van der Waals surface area (Å²) in [6.45, 7) is 4.88. The summed E-state index contributed by atoms with van der Waals surface area (Å²) < 4.78 is 25.2. The SMILES string of the molecule is CCN1CCC(N(C)S(=O)(=O)CCC(=O)O)CC1. The lowest BCUT2D eigenvalue weighted by atomic mass is 10.1. The summed E-state index contributed by atoms with van der Waals surface area (Å²) >= 11 is 0. The molecule has 18 heavy (non-hydrogen) atoms. The topological polar surface area (TPSA) is 77.9 Å². The van der Waals surface area contributed by atoms with E-state index in [1.165, 1.54) is 4.31 Å². The summed E-state index contributed by atoms with van der Waals surface area (Å²) in [5.41, 5.74) is 0. The zero-order valence-electron chi connectivity index (χ0n) is 11.0. The van der Waals surface area contributed by atoms with Crippen molar-refractivity contribution in [3.8, 4) is 0 Å². The normalized spacial score (nSPS) is 19.3. The molecule has 0 amide bonds. The maximum Gasteiger partial charge on any atom is 0.304 e. The third-order valence-corrected chi connectivity index (χ3v) is 5.43. The van der Waals surface area contributed by atoms with Crippen LogP contribution in [0.5, 0.6) is 0 Å². The quantitative estimate of drug-likeness (QED) is 0.751. The summed E-state index contributed by atoms with van der Waals surface area (Å²) in [6, 6.07) is 0.00611. The van der Waals surface area contributed by atoms with E-state index in [9.17, 15) is 13.2 Å². The van der Waals surface area contributed by atoms with E-state index in [0.29, 0.717) is 0 Å². The molecule has 1 rings (SSSR count). The lowest BCUT2D eigenvalue weighted by Gasteiger charge is -2.35. The summed E-state index contributed by atoms with van der Waals surface area (Å²) in [7, 11) is -1.89. The van der Waals surface area contributed by atoms with Gasteiger partial charge in [0, 0.05) is 13.1 Å². The Balaban J connectivity index is 2.53. The molecule has 0 aliphatic carbocycles. The summed E-state index contributed by atoms with van der Waals surface area (Å²) in [6.07, 6.45) is 1.30. The van der Waals surface area contributed by atoms with Gasteiger partial charge in [-0.2, -0.15) is 0 Å². The highest BCUT2D eigenvalue weighted by Crippen LogP contribution is 2.18. The molecule has 0 radical (unpaired) electrons. The molecule has 0 atom stereocenters. The largest absolute Gasteiger partial charge is 0.481 e. The second-order valence-corrected chi connectivity index (χ2v) is 6.79. The van der Waals surface area contributed by atoms with Gasteiger partial charge in [0.15, 0.2) is 0 Å². The first-order chi connectivity index (χ1) is 8.36. The van der Waals surface area contributed by atoms with Gasteiger partial charge in [-0.1, -0.05) is 6.92 Å². The first kappa shape index (κ1) is 15.4. The summed E-state index contributed by atoms with van der Waals surface area (Å²) in [5, 5.41) is 8.55. The molecule has 1 heterocycles. The zero-order chi connectivity index (χ0) is 13.8. The van der Waals surface area contributed by atoms with Crippen LogP contribution in [0.25, 0.3) is 0 Å². The molecular formula is C11H22N2O4S. The maximum atomic E-state index is 11.9. The Labute approximate surface area is 109 Å². The molecule has 0 aromatic rings. The average Bonchev–Trinajstić information content (AvgIpc) is 2.36. The highest BCUT2D eigenvalue weighted by Gasteiger charge is 2.29. The number of sulfonamides is 1. The van der Waals surface area contributed by atoms with Crippen LogP contribution in [-0.4, -0.2) is 67.2 Å². The van der Waals surface area contributed by atoms with Gasteiger partial charge in [-0.3, -0.25) is 4.79 Å². The first-order valence-electron chi connectivity index (χ1n) is 6.26. The van der Waals surface area contributed by atoms with Gasteiger partial charge >= 0.3 is 5.97 Å². The second kappa shape index (κ2) is 6.49. The van der Waals surface area contributed by atoms with E-state index in [-0.39, 0.29) is 18.2 Å². The van der Waals surface area contributed by atoms with Crippen molar-refractivity contribution in [1.82, 2.24) is 9.21 Å². The number of hydrogen-bond donors (Lipinski definition) is 1. The molecule has 0 unspecified atom stereocenters. The number of hydrogen-bond acceptors (Lipinski definition) is 4. The lowest BCUT2D eigenvalue weighted by molar-refractivity contribution is -0.136. The zero-order valence-corrected chi connectivity index (χ0v) is 11.8. The lowest BCUT2D eigenvalue weighted by Crippen LogP contribution is -2.46. The van der Waals surface area contributed by atoms with Crippen LogP contribution >= 0.6 is 0 Å². The molecule has 0 bridgehead atoms. The number of aliphatic carboxylic acids is 1. The number of piperidine rings is 1. The number of carbonyl (C=O) groups is 1. The molecule has 1 aliphatic rings. The van der Waals surface area contributed by atoms with E-state index in [2.05, 4.69) is 11.8 Å². The van der Waals surface area contributed by atoms with E-state index in [0.717, 1.165) is 32.5 Å². The molecule has 1 fully saturated rings. The smallest absolute Gasteiger partial charge is 0.304 e. The van der Waals surface area contributed by atoms with E-state index in [1.54, 1.807) is 7.05 Å². The van der Waals surface area contributed by atoms with Gasteiger partial charge < -0.3 is 10.0 Å². The standard InChI is InChI=1S/C11H22N2O4S/c1-3-13-7-4-10(5-8-13)12(2)18(16,17)9-6-11(14)15/h10H,3-9H2,1-2H3,(H,14,15). The highest BCUT2D eigenvalue weighted by molar-refractivity contribution is 7.89. The van der Waals surface area contributed by atoms with Crippen molar-refractivity contribution in [3.05, 3.63) is 0 Å². The van der Waals surface area contributed by atoms with Crippen LogP contribution in [0, 0.1) is 0 Å².